The lowest BCUT2D eigenvalue weighted by Crippen LogP contribution is -2.37. The van der Waals surface area contributed by atoms with Gasteiger partial charge in [-0.3, -0.25) is 0 Å². The van der Waals surface area contributed by atoms with Crippen LogP contribution in [0.3, 0.4) is 0 Å². The van der Waals surface area contributed by atoms with E-state index in [1.54, 1.807) is 16.8 Å². The molecular formula is C22H26FN3O2. The van der Waals surface area contributed by atoms with Gasteiger partial charge in [0.1, 0.15) is 11.4 Å². The van der Waals surface area contributed by atoms with E-state index in [1.807, 2.05) is 46.0 Å². The van der Waals surface area contributed by atoms with Crippen LogP contribution in [0.5, 0.6) is 0 Å². The minimum absolute atomic E-state index is 0.0164. The summed E-state index contributed by atoms with van der Waals surface area (Å²) in [6.45, 7) is 7.50. The molecule has 5 nitrogen and oxygen atoms in total. The van der Waals surface area contributed by atoms with Gasteiger partial charge in [0.2, 0.25) is 0 Å². The molecule has 0 radical (unpaired) electrons. The standard InChI is InChI=1S/C22H26FN3O2/c1-15(25-21(27)28-22(2,3)4)8-9-16-6-5-7-20-19(16)14-24-26(20)18-12-10-17(23)11-13-18/h5-7,10-15H,8-9H2,1-4H3,(H,25,27). The number of amides is 1. The number of carbonyl (C=O) groups is 1. The number of nitrogens with one attached hydrogen (secondary N) is 1. The van der Waals surface area contributed by atoms with Crippen LogP contribution >= 0.6 is 0 Å². The van der Waals surface area contributed by atoms with Gasteiger partial charge >= 0.3 is 6.09 Å². The van der Waals surface area contributed by atoms with E-state index in [4.69, 9.17) is 4.74 Å². The summed E-state index contributed by atoms with van der Waals surface area (Å²) in [5, 5.41) is 8.40. The third-order valence-electron chi connectivity index (χ3n) is 4.38. The minimum atomic E-state index is -0.510. The Bertz CT molecular complexity index is 958. The summed E-state index contributed by atoms with van der Waals surface area (Å²) < 4.78 is 20.3. The van der Waals surface area contributed by atoms with Gasteiger partial charge in [-0.2, -0.15) is 5.10 Å². The van der Waals surface area contributed by atoms with Crippen molar-refractivity contribution in [2.24, 2.45) is 0 Å². The van der Waals surface area contributed by atoms with Gasteiger partial charge in [0.05, 0.1) is 17.4 Å². The summed E-state index contributed by atoms with van der Waals surface area (Å²) in [7, 11) is 0. The number of halogens is 1. The van der Waals surface area contributed by atoms with E-state index in [2.05, 4.69) is 16.5 Å². The highest BCUT2D eigenvalue weighted by atomic mass is 19.1. The van der Waals surface area contributed by atoms with E-state index < -0.39 is 11.7 Å². The second-order valence-electron chi connectivity index (χ2n) is 7.97. The van der Waals surface area contributed by atoms with Gasteiger partial charge in [-0.25, -0.2) is 13.9 Å². The van der Waals surface area contributed by atoms with E-state index in [1.165, 1.54) is 12.1 Å². The number of rotatable bonds is 5. The third-order valence-corrected chi connectivity index (χ3v) is 4.38. The molecule has 3 aromatic rings. The van der Waals surface area contributed by atoms with Crippen LogP contribution < -0.4 is 5.32 Å². The molecule has 0 aliphatic carbocycles. The summed E-state index contributed by atoms with van der Waals surface area (Å²) in [5.41, 5.74) is 2.43. The quantitative estimate of drug-likeness (QED) is 0.674. The summed E-state index contributed by atoms with van der Waals surface area (Å²) >= 11 is 0. The fourth-order valence-electron chi connectivity index (χ4n) is 3.07. The normalized spacial score (nSPS) is 12.8. The molecule has 0 saturated carbocycles. The Morgan fingerprint density at radius 1 is 1.21 bits per heavy atom. The molecule has 0 aliphatic rings. The molecule has 1 N–H and O–H groups in total. The second-order valence-corrected chi connectivity index (χ2v) is 7.97. The van der Waals surface area contributed by atoms with Crippen LogP contribution in [-0.2, 0) is 11.2 Å². The van der Waals surface area contributed by atoms with Crippen molar-refractivity contribution in [3.63, 3.8) is 0 Å². The second kappa shape index (κ2) is 8.00. The van der Waals surface area contributed by atoms with E-state index >= 15 is 0 Å². The number of benzene rings is 2. The van der Waals surface area contributed by atoms with Crippen LogP contribution in [0.15, 0.2) is 48.7 Å². The predicted molar refractivity (Wildman–Crippen MR) is 108 cm³/mol. The van der Waals surface area contributed by atoms with Crippen LogP contribution in [-0.4, -0.2) is 27.5 Å². The number of hydrogen-bond acceptors (Lipinski definition) is 3. The van der Waals surface area contributed by atoms with Gasteiger partial charge < -0.3 is 10.1 Å². The molecule has 2 aromatic carbocycles. The molecule has 3 rings (SSSR count). The lowest BCUT2D eigenvalue weighted by Gasteiger charge is -2.22. The van der Waals surface area contributed by atoms with Crippen molar-refractivity contribution < 1.29 is 13.9 Å². The fraction of sp³-hybridized carbons (Fsp3) is 0.364. The van der Waals surface area contributed by atoms with Crippen LogP contribution in [0.4, 0.5) is 9.18 Å². The maximum absolute atomic E-state index is 13.2. The summed E-state index contributed by atoms with van der Waals surface area (Å²) in [5.74, 6) is -0.271. The number of ether oxygens (including phenoxy) is 1. The molecule has 0 fully saturated rings. The number of fused-ring (bicyclic) bond motifs is 1. The van der Waals surface area contributed by atoms with Gasteiger partial charge in [-0.1, -0.05) is 12.1 Å². The smallest absolute Gasteiger partial charge is 0.407 e. The average Bonchev–Trinajstić information content (AvgIpc) is 3.03. The number of aromatic nitrogens is 2. The van der Waals surface area contributed by atoms with E-state index in [0.717, 1.165) is 35.0 Å². The zero-order chi connectivity index (χ0) is 20.3. The maximum Gasteiger partial charge on any atom is 0.407 e. The van der Waals surface area contributed by atoms with Crippen molar-refractivity contribution in [1.82, 2.24) is 15.1 Å². The van der Waals surface area contributed by atoms with Gasteiger partial charge in [0.15, 0.2) is 0 Å². The molecule has 0 bridgehead atoms. The Balaban J connectivity index is 1.71. The topological polar surface area (TPSA) is 56.2 Å². The monoisotopic (exact) mass is 383 g/mol. The minimum Gasteiger partial charge on any atom is -0.444 e. The molecule has 28 heavy (non-hydrogen) atoms. The van der Waals surface area contributed by atoms with E-state index in [0.29, 0.717) is 0 Å². The average molecular weight is 383 g/mol. The Morgan fingerprint density at radius 3 is 2.61 bits per heavy atom. The number of nitrogens with zero attached hydrogens (tertiary/aromatic N) is 2. The summed E-state index contributed by atoms with van der Waals surface area (Å²) in [6.07, 6.45) is 3.01. The van der Waals surface area contributed by atoms with Crippen LogP contribution in [0.1, 0.15) is 39.7 Å². The first-order valence-electron chi connectivity index (χ1n) is 9.44. The molecule has 0 spiro atoms. The van der Waals surface area contributed by atoms with Crippen LogP contribution in [0.25, 0.3) is 16.6 Å². The Labute approximate surface area is 164 Å². The fourth-order valence-corrected chi connectivity index (χ4v) is 3.07. The molecule has 1 aromatic heterocycles. The van der Waals surface area contributed by atoms with E-state index in [9.17, 15) is 9.18 Å². The lowest BCUT2D eigenvalue weighted by molar-refractivity contribution is 0.0506. The molecule has 0 aliphatic heterocycles. The van der Waals surface area contributed by atoms with Crippen molar-refractivity contribution in [3.05, 3.63) is 60.0 Å². The Kier molecular flexibility index (Phi) is 5.68. The van der Waals surface area contributed by atoms with Crippen molar-refractivity contribution in [2.75, 3.05) is 0 Å². The van der Waals surface area contributed by atoms with Crippen LogP contribution in [0, 0.1) is 5.82 Å². The van der Waals surface area contributed by atoms with Gasteiger partial charge in [0, 0.05) is 11.4 Å². The molecule has 1 atom stereocenters. The number of hydrogen-bond donors (Lipinski definition) is 1. The zero-order valence-electron chi connectivity index (χ0n) is 16.7. The first-order chi connectivity index (χ1) is 13.2. The lowest BCUT2D eigenvalue weighted by atomic mass is 10.0. The highest BCUT2D eigenvalue weighted by molar-refractivity contribution is 5.83. The molecule has 6 heteroatoms. The Hall–Kier alpha value is -2.89. The number of carbonyl (C=O) groups excluding carboxylic acids is 1. The van der Waals surface area contributed by atoms with E-state index in [-0.39, 0.29) is 11.9 Å². The first-order valence-corrected chi connectivity index (χ1v) is 9.44. The Morgan fingerprint density at radius 2 is 1.93 bits per heavy atom. The van der Waals surface area contributed by atoms with Crippen molar-refractivity contribution in [3.8, 4) is 5.69 Å². The molecule has 1 heterocycles. The highest BCUT2D eigenvalue weighted by Gasteiger charge is 2.18. The summed E-state index contributed by atoms with van der Waals surface area (Å²) in [4.78, 5) is 11.9. The maximum atomic E-state index is 13.2. The summed E-state index contributed by atoms with van der Waals surface area (Å²) in [6, 6.07) is 12.3. The zero-order valence-corrected chi connectivity index (χ0v) is 16.7. The first kappa shape index (κ1) is 19.9. The van der Waals surface area contributed by atoms with Crippen molar-refractivity contribution in [2.45, 2.75) is 52.2 Å². The number of alkyl carbamates (subject to hydrolysis) is 1. The van der Waals surface area contributed by atoms with Crippen molar-refractivity contribution in [1.29, 1.82) is 0 Å². The van der Waals surface area contributed by atoms with Gasteiger partial charge in [-0.05, 0) is 76.4 Å². The molecule has 1 unspecified atom stereocenters. The third kappa shape index (κ3) is 4.88. The van der Waals surface area contributed by atoms with Crippen molar-refractivity contribution >= 4 is 17.0 Å². The van der Waals surface area contributed by atoms with Gasteiger partial charge in [0.25, 0.3) is 0 Å². The predicted octanol–water partition coefficient (Wildman–Crippen LogP) is 5.01. The molecule has 1 amide bonds. The molecular weight excluding hydrogens is 357 g/mol. The van der Waals surface area contributed by atoms with Crippen LogP contribution in [0.2, 0.25) is 0 Å². The number of aryl methyl sites for hydroxylation is 1. The van der Waals surface area contributed by atoms with Gasteiger partial charge in [-0.15, -0.1) is 0 Å². The largest absolute Gasteiger partial charge is 0.444 e. The molecule has 0 saturated heterocycles. The highest BCUT2D eigenvalue weighted by Crippen LogP contribution is 2.23. The molecule has 148 valence electrons. The SMILES string of the molecule is CC(CCc1cccc2c1cnn2-c1ccc(F)cc1)NC(=O)OC(C)(C)C.